The Kier molecular flexibility index (Phi) is 6.55. The number of nitrogens with zero attached hydrogens (tertiary/aromatic N) is 1. The van der Waals surface area contributed by atoms with Gasteiger partial charge in [-0.1, -0.05) is 18.1 Å². The van der Waals surface area contributed by atoms with Crippen molar-refractivity contribution in [1.82, 2.24) is 0 Å². The van der Waals surface area contributed by atoms with Crippen molar-refractivity contribution in [2.75, 3.05) is 26.1 Å². The van der Waals surface area contributed by atoms with Crippen molar-refractivity contribution in [2.45, 2.75) is 6.54 Å². The fourth-order valence-electron chi connectivity index (χ4n) is 2.12. The van der Waals surface area contributed by atoms with E-state index in [-0.39, 0.29) is 6.61 Å². The van der Waals surface area contributed by atoms with Gasteiger partial charge in [0, 0.05) is 11.8 Å². The van der Waals surface area contributed by atoms with Gasteiger partial charge in [0.15, 0.2) is 17.5 Å². The molecule has 0 unspecified atom stereocenters. The number of nitrogens with one attached hydrogen (secondary N) is 1. The number of hydrogen-bond donors (Lipinski definition) is 2. The number of aliphatic imine (C=N–C) groups is 1. The van der Waals surface area contributed by atoms with Crippen LogP contribution in [0.3, 0.4) is 0 Å². The molecule has 0 saturated carbocycles. The largest absolute Gasteiger partial charge is 0.497 e. The molecule has 6 heteroatoms. The average molecular weight is 339 g/mol. The molecule has 0 bridgehead atoms. The van der Waals surface area contributed by atoms with Crippen LogP contribution in [0.25, 0.3) is 0 Å². The first-order valence-corrected chi connectivity index (χ1v) is 7.60. The summed E-state index contributed by atoms with van der Waals surface area (Å²) in [5, 5.41) is 3.02. The van der Waals surface area contributed by atoms with Crippen molar-refractivity contribution in [3.8, 4) is 29.6 Å². The second-order valence-electron chi connectivity index (χ2n) is 5.04. The summed E-state index contributed by atoms with van der Waals surface area (Å²) in [5.41, 5.74) is 7.65. The van der Waals surface area contributed by atoms with Gasteiger partial charge in [0.1, 0.15) is 12.4 Å². The summed E-state index contributed by atoms with van der Waals surface area (Å²) in [5.74, 6) is 4.66. The number of ether oxygens (including phenoxy) is 3. The van der Waals surface area contributed by atoms with Gasteiger partial charge in [0.2, 0.25) is 0 Å². The number of nitrogens with two attached hydrogens (primary N) is 1. The van der Waals surface area contributed by atoms with Crippen LogP contribution in [0.2, 0.25) is 0 Å². The van der Waals surface area contributed by atoms with Gasteiger partial charge in [-0.3, -0.25) is 0 Å². The molecule has 0 heterocycles. The third-order valence-electron chi connectivity index (χ3n) is 3.31. The highest BCUT2D eigenvalue weighted by Gasteiger charge is 2.05. The highest BCUT2D eigenvalue weighted by atomic mass is 16.5. The van der Waals surface area contributed by atoms with Crippen LogP contribution in [0.15, 0.2) is 47.5 Å². The van der Waals surface area contributed by atoms with E-state index in [1.807, 2.05) is 42.5 Å². The first-order valence-electron chi connectivity index (χ1n) is 7.60. The van der Waals surface area contributed by atoms with Gasteiger partial charge < -0.3 is 25.3 Å². The Hall–Kier alpha value is -3.33. The highest BCUT2D eigenvalue weighted by Crippen LogP contribution is 2.28. The summed E-state index contributed by atoms with van der Waals surface area (Å²) in [6, 6.07) is 13.0. The Bertz CT molecular complexity index is 782. The quantitative estimate of drug-likeness (QED) is 0.461. The molecule has 0 saturated heterocycles. The van der Waals surface area contributed by atoms with Crippen LogP contribution in [-0.4, -0.2) is 26.8 Å². The Morgan fingerprint density at radius 3 is 2.72 bits per heavy atom. The molecule has 0 spiro atoms. The molecule has 0 aliphatic carbocycles. The average Bonchev–Trinajstić information content (AvgIpc) is 2.64. The topological polar surface area (TPSA) is 78.1 Å². The molecule has 25 heavy (non-hydrogen) atoms. The predicted octanol–water partition coefficient (Wildman–Crippen LogP) is 2.64. The lowest BCUT2D eigenvalue weighted by Gasteiger charge is -2.10. The van der Waals surface area contributed by atoms with Crippen molar-refractivity contribution in [3.63, 3.8) is 0 Å². The van der Waals surface area contributed by atoms with Gasteiger partial charge in [-0.05, 0) is 29.8 Å². The summed E-state index contributed by atoms with van der Waals surface area (Å²) >= 11 is 0. The molecule has 2 rings (SSSR count). The Morgan fingerprint density at radius 2 is 2.00 bits per heavy atom. The second kappa shape index (κ2) is 9.08. The van der Waals surface area contributed by atoms with E-state index < -0.39 is 0 Å². The van der Waals surface area contributed by atoms with Crippen LogP contribution in [0.1, 0.15) is 5.56 Å². The minimum absolute atomic E-state index is 0.169. The van der Waals surface area contributed by atoms with Crippen LogP contribution < -0.4 is 25.3 Å². The summed E-state index contributed by atoms with van der Waals surface area (Å²) in [6.45, 7) is 0.557. The zero-order valence-electron chi connectivity index (χ0n) is 14.3. The Morgan fingerprint density at radius 1 is 1.16 bits per heavy atom. The molecule has 0 fully saturated rings. The highest BCUT2D eigenvalue weighted by molar-refractivity contribution is 5.92. The maximum absolute atomic E-state index is 5.94. The van der Waals surface area contributed by atoms with E-state index in [2.05, 4.69) is 16.2 Å². The van der Waals surface area contributed by atoms with Crippen molar-refractivity contribution in [3.05, 3.63) is 48.0 Å². The van der Waals surface area contributed by atoms with Crippen LogP contribution in [0.4, 0.5) is 5.69 Å². The van der Waals surface area contributed by atoms with Gasteiger partial charge in [-0.15, -0.1) is 6.42 Å². The summed E-state index contributed by atoms with van der Waals surface area (Å²) in [7, 11) is 3.19. The lowest BCUT2D eigenvalue weighted by molar-refractivity contribution is 0.330. The third-order valence-corrected chi connectivity index (χ3v) is 3.31. The van der Waals surface area contributed by atoms with Crippen molar-refractivity contribution < 1.29 is 14.2 Å². The van der Waals surface area contributed by atoms with Crippen LogP contribution >= 0.6 is 0 Å². The predicted molar refractivity (Wildman–Crippen MR) is 99.3 cm³/mol. The van der Waals surface area contributed by atoms with Gasteiger partial charge in [-0.25, -0.2) is 4.99 Å². The number of anilines is 1. The maximum Gasteiger partial charge on any atom is 0.193 e. The van der Waals surface area contributed by atoms with E-state index in [4.69, 9.17) is 26.4 Å². The molecule has 2 aromatic carbocycles. The zero-order valence-corrected chi connectivity index (χ0v) is 14.3. The molecule has 0 aliphatic heterocycles. The van der Waals surface area contributed by atoms with Crippen molar-refractivity contribution >= 4 is 11.6 Å². The number of rotatable bonds is 7. The van der Waals surface area contributed by atoms with Crippen LogP contribution in [0, 0.1) is 12.3 Å². The fourth-order valence-corrected chi connectivity index (χ4v) is 2.12. The van der Waals surface area contributed by atoms with Gasteiger partial charge in [0.25, 0.3) is 0 Å². The minimum Gasteiger partial charge on any atom is -0.497 e. The minimum atomic E-state index is 0.169. The Labute approximate surface area is 147 Å². The van der Waals surface area contributed by atoms with Crippen molar-refractivity contribution in [2.24, 2.45) is 10.7 Å². The van der Waals surface area contributed by atoms with E-state index in [1.165, 1.54) is 0 Å². The molecule has 0 radical (unpaired) electrons. The van der Waals surface area contributed by atoms with E-state index in [0.29, 0.717) is 24.0 Å². The maximum atomic E-state index is 5.94. The van der Waals surface area contributed by atoms with Gasteiger partial charge in [-0.2, -0.15) is 0 Å². The normalized spacial score (nSPS) is 10.7. The molecule has 2 aromatic rings. The van der Waals surface area contributed by atoms with E-state index in [0.717, 1.165) is 17.0 Å². The third kappa shape index (κ3) is 5.36. The van der Waals surface area contributed by atoms with Crippen LogP contribution in [-0.2, 0) is 6.54 Å². The molecule has 3 N–H and O–H groups in total. The lowest BCUT2D eigenvalue weighted by Crippen LogP contribution is -2.22. The first kappa shape index (κ1) is 18.0. The SMILES string of the molecule is C#CCOc1cc(CN=C(N)Nc2cccc(OC)c2)ccc1OC. The molecule has 0 atom stereocenters. The molecule has 6 nitrogen and oxygen atoms in total. The number of guanidine groups is 1. The van der Waals surface area contributed by atoms with E-state index in [9.17, 15) is 0 Å². The molecule has 0 aliphatic rings. The Balaban J connectivity index is 2.05. The molecule has 0 amide bonds. The second-order valence-corrected chi connectivity index (χ2v) is 5.04. The standard InChI is InChI=1S/C19H21N3O3/c1-4-10-25-18-11-14(8-9-17(18)24-3)13-21-19(20)22-15-6-5-7-16(12-15)23-2/h1,5-9,11-12H,10,13H2,2-3H3,(H3,20,21,22). The molecular weight excluding hydrogens is 318 g/mol. The number of hydrogen-bond acceptors (Lipinski definition) is 4. The summed E-state index contributed by atoms with van der Waals surface area (Å²) in [4.78, 5) is 4.33. The van der Waals surface area contributed by atoms with Gasteiger partial charge >= 0.3 is 0 Å². The lowest BCUT2D eigenvalue weighted by atomic mass is 10.2. The molecule has 130 valence electrons. The molecule has 0 aromatic heterocycles. The van der Waals surface area contributed by atoms with E-state index in [1.54, 1.807) is 14.2 Å². The van der Waals surface area contributed by atoms with E-state index >= 15 is 0 Å². The summed E-state index contributed by atoms with van der Waals surface area (Å²) < 4.78 is 15.9. The summed E-state index contributed by atoms with van der Waals surface area (Å²) in [6.07, 6.45) is 5.23. The number of methoxy groups -OCH3 is 2. The van der Waals surface area contributed by atoms with Crippen LogP contribution in [0.5, 0.6) is 17.2 Å². The number of benzene rings is 2. The smallest absolute Gasteiger partial charge is 0.193 e. The van der Waals surface area contributed by atoms with Gasteiger partial charge in [0.05, 0.1) is 20.8 Å². The zero-order chi connectivity index (χ0) is 18.1. The molecular formula is C19H21N3O3. The fraction of sp³-hybridized carbons (Fsp3) is 0.211. The first-order chi connectivity index (χ1) is 12.2. The van der Waals surface area contributed by atoms with Crippen molar-refractivity contribution in [1.29, 1.82) is 0 Å². The number of terminal acetylenes is 1. The monoisotopic (exact) mass is 339 g/mol.